The topological polar surface area (TPSA) is 67.6 Å². The van der Waals surface area contributed by atoms with Gasteiger partial charge in [0.2, 0.25) is 0 Å². The van der Waals surface area contributed by atoms with Crippen molar-refractivity contribution >= 4 is 17.3 Å². The molecule has 1 unspecified atom stereocenters. The van der Waals surface area contributed by atoms with Crippen molar-refractivity contribution in [2.75, 3.05) is 24.7 Å². The van der Waals surface area contributed by atoms with Gasteiger partial charge in [0.15, 0.2) is 6.10 Å². The van der Waals surface area contributed by atoms with Crippen molar-refractivity contribution in [1.82, 2.24) is 5.32 Å². The molecule has 5 nitrogen and oxygen atoms in total. The van der Waals surface area contributed by atoms with Gasteiger partial charge in [-0.3, -0.25) is 4.79 Å². The number of hydrogen-bond acceptors (Lipinski definition) is 4. The number of rotatable bonds is 5. The second kappa shape index (κ2) is 6.31. The molecule has 1 rings (SSSR count). The van der Waals surface area contributed by atoms with Crippen molar-refractivity contribution in [2.24, 2.45) is 0 Å². The van der Waals surface area contributed by atoms with Gasteiger partial charge in [0.05, 0.1) is 5.69 Å². The normalized spacial score (nSPS) is 12.1. The Kier molecular flexibility index (Phi) is 5.03. The summed E-state index contributed by atoms with van der Waals surface area (Å²) in [4.78, 5) is 13.8. The number of hydrogen-bond donors (Lipinski definition) is 2. The van der Waals surface area contributed by atoms with Crippen molar-refractivity contribution in [3.05, 3.63) is 18.2 Å². The molecule has 0 saturated heterocycles. The zero-order valence-electron chi connectivity index (χ0n) is 12.2. The molecule has 3 N–H and O–H groups in total. The number of nitrogen functional groups attached to an aromatic ring is 1. The van der Waals surface area contributed by atoms with Gasteiger partial charge in [-0.15, -0.1) is 0 Å². The van der Waals surface area contributed by atoms with Gasteiger partial charge in [0.1, 0.15) is 5.75 Å². The Hall–Kier alpha value is -1.91. The van der Waals surface area contributed by atoms with Crippen LogP contribution in [0, 0.1) is 0 Å². The second-order valence-electron chi connectivity index (χ2n) is 5.04. The summed E-state index contributed by atoms with van der Waals surface area (Å²) in [6.07, 6.45) is -0.581. The van der Waals surface area contributed by atoms with Gasteiger partial charge >= 0.3 is 0 Å². The summed E-state index contributed by atoms with van der Waals surface area (Å²) >= 11 is 0. The zero-order chi connectivity index (χ0) is 14.6. The van der Waals surface area contributed by atoms with Crippen LogP contribution in [0.3, 0.4) is 0 Å². The average molecular weight is 265 g/mol. The summed E-state index contributed by atoms with van der Waals surface area (Å²) in [7, 11) is 3.87. The van der Waals surface area contributed by atoms with E-state index < -0.39 is 6.10 Å². The molecule has 19 heavy (non-hydrogen) atoms. The van der Waals surface area contributed by atoms with Crippen LogP contribution in [0.1, 0.15) is 20.8 Å². The molecule has 5 heteroatoms. The van der Waals surface area contributed by atoms with Crippen LogP contribution in [0.4, 0.5) is 11.4 Å². The van der Waals surface area contributed by atoms with E-state index in [-0.39, 0.29) is 11.9 Å². The van der Waals surface area contributed by atoms with Gasteiger partial charge < -0.3 is 20.7 Å². The first-order chi connectivity index (χ1) is 8.81. The molecule has 1 aromatic carbocycles. The van der Waals surface area contributed by atoms with E-state index >= 15 is 0 Å². The zero-order valence-corrected chi connectivity index (χ0v) is 12.2. The minimum atomic E-state index is -0.581. The lowest BCUT2D eigenvalue weighted by atomic mass is 10.2. The number of nitrogens with two attached hydrogens (primary N) is 1. The summed E-state index contributed by atoms with van der Waals surface area (Å²) in [5, 5.41) is 2.80. The van der Waals surface area contributed by atoms with Crippen LogP contribution in [0.25, 0.3) is 0 Å². The lowest BCUT2D eigenvalue weighted by Crippen LogP contribution is -2.40. The Bertz CT molecular complexity index is 444. The minimum Gasteiger partial charge on any atom is -0.479 e. The molecule has 1 atom stereocenters. The molecule has 0 heterocycles. The third kappa shape index (κ3) is 4.35. The van der Waals surface area contributed by atoms with Crippen LogP contribution < -0.4 is 20.7 Å². The quantitative estimate of drug-likeness (QED) is 0.794. The molecular formula is C14H23N3O2. The fourth-order valence-electron chi connectivity index (χ4n) is 1.55. The van der Waals surface area contributed by atoms with E-state index in [0.29, 0.717) is 11.4 Å². The van der Waals surface area contributed by atoms with Crippen LogP contribution >= 0.6 is 0 Å². The lowest BCUT2D eigenvalue weighted by molar-refractivity contribution is -0.127. The van der Waals surface area contributed by atoms with Crippen molar-refractivity contribution < 1.29 is 9.53 Å². The van der Waals surface area contributed by atoms with E-state index in [1.165, 1.54) is 0 Å². The highest BCUT2D eigenvalue weighted by molar-refractivity contribution is 5.81. The van der Waals surface area contributed by atoms with Crippen LogP contribution in [0.15, 0.2) is 18.2 Å². The first-order valence-corrected chi connectivity index (χ1v) is 6.35. The largest absolute Gasteiger partial charge is 0.479 e. The van der Waals surface area contributed by atoms with Crippen molar-refractivity contribution in [3.8, 4) is 5.75 Å². The predicted molar refractivity (Wildman–Crippen MR) is 78.6 cm³/mol. The highest BCUT2D eigenvalue weighted by Gasteiger charge is 2.16. The smallest absolute Gasteiger partial charge is 0.260 e. The number of benzene rings is 1. The Balaban J connectivity index is 2.81. The van der Waals surface area contributed by atoms with Crippen molar-refractivity contribution in [3.63, 3.8) is 0 Å². The third-order valence-electron chi connectivity index (χ3n) is 2.62. The SMILES string of the molecule is CC(C)NC(=O)C(C)Oc1cc(N(C)C)ccc1N. The highest BCUT2D eigenvalue weighted by Crippen LogP contribution is 2.27. The third-order valence-corrected chi connectivity index (χ3v) is 2.62. The van der Waals surface area contributed by atoms with E-state index in [9.17, 15) is 4.79 Å². The monoisotopic (exact) mass is 265 g/mol. The summed E-state index contributed by atoms with van der Waals surface area (Å²) in [6.45, 7) is 5.52. The van der Waals surface area contributed by atoms with Crippen LogP contribution in [-0.2, 0) is 4.79 Å². The molecule has 106 valence electrons. The number of anilines is 2. The maximum atomic E-state index is 11.8. The highest BCUT2D eigenvalue weighted by atomic mass is 16.5. The maximum absolute atomic E-state index is 11.8. The van der Waals surface area contributed by atoms with Crippen molar-refractivity contribution in [2.45, 2.75) is 32.9 Å². The number of carbonyl (C=O) groups excluding carboxylic acids is 1. The van der Waals surface area contributed by atoms with Gasteiger partial charge in [-0.25, -0.2) is 0 Å². The molecule has 0 saturated carbocycles. The Morgan fingerprint density at radius 3 is 2.47 bits per heavy atom. The molecule has 0 spiro atoms. The minimum absolute atomic E-state index is 0.0870. The summed E-state index contributed by atoms with van der Waals surface area (Å²) in [5.74, 6) is 0.377. The van der Waals surface area contributed by atoms with Gasteiger partial charge in [0.25, 0.3) is 5.91 Å². The number of ether oxygens (including phenoxy) is 1. The standard InChI is InChI=1S/C14H23N3O2/c1-9(2)16-14(18)10(3)19-13-8-11(17(4)5)6-7-12(13)15/h6-10H,15H2,1-5H3,(H,16,18). The van der Waals surface area contributed by atoms with E-state index in [4.69, 9.17) is 10.5 Å². The van der Waals surface area contributed by atoms with Gasteiger partial charge in [-0.1, -0.05) is 0 Å². The molecule has 0 radical (unpaired) electrons. The van der Waals surface area contributed by atoms with E-state index in [1.54, 1.807) is 13.0 Å². The fourth-order valence-corrected chi connectivity index (χ4v) is 1.55. The van der Waals surface area contributed by atoms with Gasteiger partial charge in [-0.05, 0) is 32.9 Å². The van der Waals surface area contributed by atoms with E-state index in [2.05, 4.69) is 5.32 Å². The summed E-state index contributed by atoms with van der Waals surface area (Å²) in [6, 6.07) is 5.59. The van der Waals surface area contributed by atoms with Gasteiger partial charge in [-0.2, -0.15) is 0 Å². The van der Waals surface area contributed by atoms with E-state index in [0.717, 1.165) is 5.69 Å². The van der Waals surface area contributed by atoms with Crippen LogP contribution in [0.5, 0.6) is 5.75 Å². The Morgan fingerprint density at radius 2 is 1.95 bits per heavy atom. The molecular weight excluding hydrogens is 242 g/mol. The second-order valence-corrected chi connectivity index (χ2v) is 5.04. The van der Waals surface area contributed by atoms with Crippen LogP contribution in [0.2, 0.25) is 0 Å². The molecule has 0 aromatic heterocycles. The number of amides is 1. The Morgan fingerprint density at radius 1 is 1.32 bits per heavy atom. The molecule has 0 aliphatic rings. The molecule has 1 aromatic rings. The number of nitrogens with one attached hydrogen (secondary N) is 1. The van der Waals surface area contributed by atoms with Crippen molar-refractivity contribution in [1.29, 1.82) is 0 Å². The lowest BCUT2D eigenvalue weighted by Gasteiger charge is -2.19. The number of nitrogens with zero attached hydrogens (tertiary/aromatic N) is 1. The fraction of sp³-hybridized carbons (Fsp3) is 0.500. The molecule has 0 fully saturated rings. The first kappa shape index (κ1) is 15.1. The summed E-state index contributed by atoms with van der Waals surface area (Å²) in [5.41, 5.74) is 7.36. The van der Waals surface area contributed by atoms with Gasteiger partial charge in [0, 0.05) is 31.9 Å². The maximum Gasteiger partial charge on any atom is 0.260 e. The predicted octanol–water partition coefficient (Wildman–Crippen LogP) is 1.63. The Labute approximate surface area is 114 Å². The number of carbonyl (C=O) groups is 1. The first-order valence-electron chi connectivity index (χ1n) is 6.35. The molecule has 0 aliphatic carbocycles. The summed E-state index contributed by atoms with van der Waals surface area (Å²) < 4.78 is 5.63. The molecule has 1 amide bonds. The van der Waals surface area contributed by atoms with Crippen LogP contribution in [-0.4, -0.2) is 32.1 Å². The molecule has 0 bridgehead atoms. The average Bonchev–Trinajstić information content (AvgIpc) is 2.30. The molecule has 0 aliphatic heterocycles. The van der Waals surface area contributed by atoms with E-state index in [1.807, 2.05) is 45.0 Å².